The number of anilines is 2. The minimum absolute atomic E-state index is 0.0947. The summed E-state index contributed by atoms with van der Waals surface area (Å²) < 4.78 is 40.0. The number of halogens is 1. The Hall–Kier alpha value is -2.94. The Morgan fingerprint density at radius 3 is 2.30 bits per heavy atom. The first-order valence-electron chi connectivity index (χ1n) is 9.62. The second-order valence-electron chi connectivity index (χ2n) is 6.73. The largest absolute Gasteiger partial charge is 0.352 e. The van der Waals surface area contributed by atoms with E-state index in [0.29, 0.717) is 6.54 Å². The van der Waals surface area contributed by atoms with Gasteiger partial charge < -0.3 is 10.6 Å². The molecule has 2 N–H and O–H groups in total. The van der Waals surface area contributed by atoms with Crippen LogP contribution in [0.3, 0.4) is 0 Å². The van der Waals surface area contributed by atoms with E-state index in [9.17, 15) is 22.4 Å². The molecule has 0 saturated carbocycles. The van der Waals surface area contributed by atoms with Gasteiger partial charge in [0.25, 0.3) is 5.91 Å². The first-order chi connectivity index (χ1) is 14.2. The van der Waals surface area contributed by atoms with Crippen LogP contribution < -0.4 is 14.9 Å². The van der Waals surface area contributed by atoms with E-state index in [1.807, 2.05) is 6.92 Å². The predicted molar refractivity (Wildman–Crippen MR) is 115 cm³/mol. The molecule has 0 spiro atoms. The van der Waals surface area contributed by atoms with Crippen LogP contribution in [0.2, 0.25) is 0 Å². The van der Waals surface area contributed by atoms with E-state index in [-0.39, 0.29) is 29.3 Å². The maximum Gasteiger partial charge on any atom is 0.253 e. The zero-order chi connectivity index (χ0) is 22.3. The average molecular weight is 436 g/mol. The molecule has 162 valence electrons. The highest BCUT2D eigenvalue weighted by molar-refractivity contribution is 7.92. The highest BCUT2D eigenvalue weighted by Gasteiger charge is 2.33. The molecule has 0 heterocycles. The molecule has 7 nitrogen and oxygen atoms in total. The molecule has 0 aliphatic carbocycles. The molecule has 0 aliphatic rings. The smallest absolute Gasteiger partial charge is 0.253 e. The summed E-state index contributed by atoms with van der Waals surface area (Å²) in [5, 5.41) is 5.37. The molecule has 2 amide bonds. The lowest BCUT2D eigenvalue weighted by molar-refractivity contribution is -0.117. The van der Waals surface area contributed by atoms with E-state index in [1.54, 1.807) is 31.2 Å². The molecular weight excluding hydrogens is 409 g/mol. The van der Waals surface area contributed by atoms with Gasteiger partial charge in [-0.25, -0.2) is 12.8 Å². The van der Waals surface area contributed by atoms with Gasteiger partial charge in [-0.1, -0.05) is 38.1 Å². The van der Waals surface area contributed by atoms with Gasteiger partial charge in [0.15, 0.2) is 0 Å². The number of sulfonamides is 1. The number of hydrogen-bond donors (Lipinski definition) is 2. The van der Waals surface area contributed by atoms with Gasteiger partial charge in [-0.2, -0.15) is 0 Å². The molecular formula is C21H26FN3O4S. The van der Waals surface area contributed by atoms with Crippen molar-refractivity contribution in [3.8, 4) is 0 Å². The molecule has 2 aromatic carbocycles. The van der Waals surface area contributed by atoms with Crippen molar-refractivity contribution in [1.29, 1.82) is 0 Å². The van der Waals surface area contributed by atoms with Crippen molar-refractivity contribution in [2.24, 2.45) is 0 Å². The van der Waals surface area contributed by atoms with Gasteiger partial charge >= 0.3 is 0 Å². The Kier molecular flexibility index (Phi) is 7.93. The number of benzene rings is 2. The molecule has 0 aliphatic heterocycles. The summed E-state index contributed by atoms with van der Waals surface area (Å²) in [5.74, 6) is -1.77. The van der Waals surface area contributed by atoms with Crippen LogP contribution in [0, 0.1) is 5.82 Å². The number of hydrogen-bond acceptors (Lipinski definition) is 4. The Bertz CT molecular complexity index is 1010. The van der Waals surface area contributed by atoms with Gasteiger partial charge in [0.1, 0.15) is 11.9 Å². The van der Waals surface area contributed by atoms with Crippen LogP contribution in [0.15, 0.2) is 48.5 Å². The molecule has 0 unspecified atom stereocenters. The first-order valence-corrected chi connectivity index (χ1v) is 11.5. The maximum absolute atomic E-state index is 14.4. The molecule has 0 bridgehead atoms. The summed E-state index contributed by atoms with van der Waals surface area (Å²) in [6.45, 7) is 4.03. The number of carbonyl (C=O) groups excluding carboxylic acids is 2. The lowest BCUT2D eigenvalue weighted by Gasteiger charge is -2.30. The Morgan fingerprint density at radius 1 is 1.07 bits per heavy atom. The fourth-order valence-electron chi connectivity index (χ4n) is 3.01. The predicted octanol–water partition coefficient (Wildman–Crippen LogP) is 3.15. The third-order valence-corrected chi connectivity index (χ3v) is 5.55. The molecule has 1 atom stereocenters. The summed E-state index contributed by atoms with van der Waals surface area (Å²) in [7, 11) is -3.97. The minimum Gasteiger partial charge on any atom is -0.352 e. The monoisotopic (exact) mass is 435 g/mol. The van der Waals surface area contributed by atoms with Crippen molar-refractivity contribution >= 4 is 33.2 Å². The zero-order valence-electron chi connectivity index (χ0n) is 17.2. The zero-order valence-corrected chi connectivity index (χ0v) is 18.0. The topological polar surface area (TPSA) is 95.6 Å². The van der Waals surface area contributed by atoms with Crippen LogP contribution in [-0.4, -0.2) is 39.1 Å². The summed E-state index contributed by atoms with van der Waals surface area (Å²) in [5.41, 5.74) is 0.290. The van der Waals surface area contributed by atoms with E-state index < -0.39 is 27.8 Å². The van der Waals surface area contributed by atoms with Crippen LogP contribution in [0.1, 0.15) is 37.0 Å². The number of para-hydroxylation sites is 2. The van der Waals surface area contributed by atoms with Crippen LogP contribution in [0.4, 0.5) is 15.8 Å². The minimum atomic E-state index is -3.97. The van der Waals surface area contributed by atoms with Gasteiger partial charge in [0, 0.05) is 6.54 Å². The molecule has 0 aromatic heterocycles. The third kappa shape index (κ3) is 5.56. The molecule has 2 aromatic rings. The van der Waals surface area contributed by atoms with Crippen LogP contribution in [0.25, 0.3) is 0 Å². The van der Waals surface area contributed by atoms with Crippen LogP contribution >= 0.6 is 0 Å². The van der Waals surface area contributed by atoms with E-state index >= 15 is 0 Å². The van der Waals surface area contributed by atoms with E-state index in [2.05, 4.69) is 10.6 Å². The summed E-state index contributed by atoms with van der Waals surface area (Å²) in [6, 6.07) is 10.6. The SMILES string of the molecule is CCCNC(=O)c1ccccc1NC(=O)[C@H](CC)N(c1ccccc1F)S(C)(=O)=O. The molecule has 0 radical (unpaired) electrons. The average Bonchev–Trinajstić information content (AvgIpc) is 2.70. The molecule has 2 rings (SSSR count). The second kappa shape index (κ2) is 10.2. The molecule has 0 saturated heterocycles. The summed E-state index contributed by atoms with van der Waals surface area (Å²) in [6.07, 6.45) is 1.77. The Labute approximate surface area is 176 Å². The number of nitrogens with one attached hydrogen (secondary N) is 2. The van der Waals surface area contributed by atoms with Gasteiger partial charge in [0.05, 0.1) is 23.2 Å². The number of rotatable bonds is 9. The quantitative estimate of drug-likeness (QED) is 0.633. The highest BCUT2D eigenvalue weighted by atomic mass is 32.2. The Balaban J connectivity index is 2.39. The first kappa shape index (κ1) is 23.3. The lowest BCUT2D eigenvalue weighted by atomic mass is 10.1. The molecule has 0 fully saturated rings. The van der Waals surface area contributed by atoms with E-state index in [1.165, 1.54) is 18.2 Å². The van der Waals surface area contributed by atoms with Crippen molar-refractivity contribution < 1.29 is 22.4 Å². The number of nitrogens with zero attached hydrogens (tertiary/aromatic N) is 1. The van der Waals surface area contributed by atoms with Crippen LogP contribution in [-0.2, 0) is 14.8 Å². The maximum atomic E-state index is 14.4. The molecule has 9 heteroatoms. The highest BCUT2D eigenvalue weighted by Crippen LogP contribution is 2.26. The summed E-state index contributed by atoms with van der Waals surface area (Å²) in [4.78, 5) is 25.4. The van der Waals surface area contributed by atoms with Crippen molar-refractivity contribution in [2.45, 2.75) is 32.7 Å². The third-order valence-electron chi connectivity index (χ3n) is 4.38. The van der Waals surface area contributed by atoms with Gasteiger partial charge in [-0.3, -0.25) is 13.9 Å². The normalized spacial score (nSPS) is 12.1. The van der Waals surface area contributed by atoms with Gasteiger partial charge in [-0.05, 0) is 37.1 Å². The Morgan fingerprint density at radius 2 is 1.70 bits per heavy atom. The van der Waals surface area contributed by atoms with E-state index in [0.717, 1.165) is 23.0 Å². The van der Waals surface area contributed by atoms with Gasteiger partial charge in [0.2, 0.25) is 15.9 Å². The summed E-state index contributed by atoms with van der Waals surface area (Å²) >= 11 is 0. The standard InChI is InChI=1S/C21H26FN3O4S/c1-4-14-23-20(26)15-10-6-8-12-17(15)24-21(27)18(5-2)25(30(3,28)29)19-13-9-7-11-16(19)22/h6-13,18H,4-5,14H2,1-3H3,(H,23,26)(H,24,27)/t18-/m0/s1. The number of carbonyl (C=O) groups is 2. The number of amides is 2. The van der Waals surface area contributed by atoms with Gasteiger partial charge in [-0.15, -0.1) is 0 Å². The fourth-order valence-corrected chi connectivity index (χ4v) is 4.22. The van der Waals surface area contributed by atoms with Crippen molar-refractivity contribution in [1.82, 2.24) is 5.32 Å². The van der Waals surface area contributed by atoms with Crippen LogP contribution in [0.5, 0.6) is 0 Å². The van der Waals surface area contributed by atoms with Crippen molar-refractivity contribution in [2.75, 3.05) is 22.4 Å². The van der Waals surface area contributed by atoms with Crippen molar-refractivity contribution in [3.05, 3.63) is 59.9 Å². The fraction of sp³-hybridized carbons (Fsp3) is 0.333. The second-order valence-corrected chi connectivity index (χ2v) is 8.58. The van der Waals surface area contributed by atoms with Crippen molar-refractivity contribution in [3.63, 3.8) is 0 Å². The molecule has 30 heavy (non-hydrogen) atoms. The lowest BCUT2D eigenvalue weighted by Crippen LogP contribution is -2.47. The van der Waals surface area contributed by atoms with E-state index in [4.69, 9.17) is 0 Å².